The van der Waals surface area contributed by atoms with Crippen LogP contribution in [0.15, 0.2) is 12.1 Å². The molecule has 4 rings (SSSR count). The van der Waals surface area contributed by atoms with Crippen LogP contribution in [0, 0.1) is 0 Å². The van der Waals surface area contributed by atoms with Crippen LogP contribution in [0.1, 0.15) is 76.6 Å². The molecular weight excluding hydrogens is 446 g/mol. The minimum absolute atomic E-state index is 0.0178. The molecule has 0 radical (unpaired) electrons. The minimum Gasteiger partial charge on any atom is -0.507 e. The van der Waals surface area contributed by atoms with Gasteiger partial charge in [-0.25, -0.2) is 4.98 Å². The third-order valence-corrected chi connectivity index (χ3v) is 6.57. The van der Waals surface area contributed by atoms with Crippen LogP contribution in [0.3, 0.4) is 0 Å². The van der Waals surface area contributed by atoms with Gasteiger partial charge in [-0.05, 0) is 38.7 Å². The molecule has 0 amide bonds. The van der Waals surface area contributed by atoms with Gasteiger partial charge in [0.15, 0.2) is 17.3 Å². The minimum atomic E-state index is -0.0436. The van der Waals surface area contributed by atoms with Gasteiger partial charge in [0.2, 0.25) is 5.95 Å². The monoisotopic (exact) mass is 483 g/mol. The van der Waals surface area contributed by atoms with E-state index in [-0.39, 0.29) is 47.8 Å². The third kappa shape index (κ3) is 5.07. The number of methoxy groups -OCH3 is 1. The van der Waals surface area contributed by atoms with Gasteiger partial charge in [-0.15, -0.1) is 0 Å². The fourth-order valence-corrected chi connectivity index (χ4v) is 4.60. The maximum absolute atomic E-state index is 10.5. The van der Waals surface area contributed by atoms with Gasteiger partial charge in [-0.2, -0.15) is 10.1 Å². The number of phenols is 2. The quantitative estimate of drug-likeness (QED) is 0.297. The number of hydrogen-bond acceptors (Lipinski definition) is 9. The van der Waals surface area contributed by atoms with E-state index in [1.54, 1.807) is 0 Å². The van der Waals surface area contributed by atoms with E-state index in [0.29, 0.717) is 17.3 Å². The Morgan fingerprint density at radius 2 is 1.86 bits per heavy atom. The summed E-state index contributed by atoms with van der Waals surface area (Å²) in [6.45, 7) is 8.58. The first-order valence-electron chi connectivity index (χ1n) is 12.3. The Balaban J connectivity index is 1.76. The number of fused-ring (bicyclic) bond motifs is 1. The van der Waals surface area contributed by atoms with Crippen molar-refractivity contribution in [3.63, 3.8) is 0 Å². The maximum atomic E-state index is 10.5. The highest BCUT2D eigenvalue weighted by atomic mass is 16.5. The molecule has 1 aliphatic carbocycles. The number of aromatic nitrogens is 4. The Kier molecular flexibility index (Phi) is 7.20. The molecule has 0 saturated heterocycles. The van der Waals surface area contributed by atoms with Crippen LogP contribution in [0.25, 0.3) is 11.0 Å². The lowest BCUT2D eigenvalue weighted by Gasteiger charge is -2.29. The molecule has 0 spiro atoms. The van der Waals surface area contributed by atoms with Crippen molar-refractivity contribution in [1.82, 2.24) is 19.7 Å². The van der Waals surface area contributed by atoms with Gasteiger partial charge in [0.25, 0.3) is 0 Å². The summed E-state index contributed by atoms with van der Waals surface area (Å²) >= 11 is 0. The lowest BCUT2D eigenvalue weighted by molar-refractivity contribution is 0.367. The first-order valence-corrected chi connectivity index (χ1v) is 12.3. The first kappa shape index (κ1) is 24.8. The zero-order chi connectivity index (χ0) is 25.3. The molecule has 1 aliphatic rings. The molecule has 0 bridgehead atoms. The topological polar surface area (TPSA) is 143 Å². The van der Waals surface area contributed by atoms with Crippen LogP contribution in [-0.2, 0) is 6.54 Å². The van der Waals surface area contributed by atoms with Crippen LogP contribution in [0.5, 0.6) is 17.2 Å². The molecule has 1 aromatic carbocycles. The second-order valence-corrected chi connectivity index (χ2v) is 9.88. The van der Waals surface area contributed by atoms with E-state index in [1.807, 2.05) is 4.68 Å². The van der Waals surface area contributed by atoms with Crippen molar-refractivity contribution in [2.75, 3.05) is 17.7 Å². The number of nitrogens with two attached hydrogens (primary N) is 1. The second-order valence-electron chi connectivity index (χ2n) is 9.88. The Hall–Kier alpha value is -3.27. The summed E-state index contributed by atoms with van der Waals surface area (Å²) in [6.07, 6.45) is 4.23. The van der Waals surface area contributed by atoms with Gasteiger partial charge in [0.05, 0.1) is 12.8 Å². The normalized spacial score (nSPS) is 18.4. The first-order chi connectivity index (χ1) is 16.7. The summed E-state index contributed by atoms with van der Waals surface area (Å²) < 4.78 is 7.02. The average molecular weight is 484 g/mol. The van der Waals surface area contributed by atoms with Crippen LogP contribution >= 0.6 is 0 Å². The summed E-state index contributed by atoms with van der Waals surface area (Å²) in [7, 11) is 1.44. The van der Waals surface area contributed by atoms with E-state index in [4.69, 9.17) is 25.5 Å². The molecule has 2 atom stereocenters. The highest BCUT2D eigenvalue weighted by Crippen LogP contribution is 2.35. The molecule has 1 fully saturated rings. The number of aromatic hydroxyl groups is 2. The van der Waals surface area contributed by atoms with Crippen molar-refractivity contribution < 1.29 is 14.9 Å². The van der Waals surface area contributed by atoms with Gasteiger partial charge in [0.1, 0.15) is 16.8 Å². The SMILES string of the molecule is COc1cc(O)c(CNc2nc(NC3CCCCC3N)nc3c(C(C)C)nn(C(C)C)c23)cc1O. The highest BCUT2D eigenvalue weighted by molar-refractivity contribution is 5.89. The zero-order valence-electron chi connectivity index (χ0n) is 21.2. The molecule has 3 aromatic rings. The molecule has 2 heterocycles. The van der Waals surface area contributed by atoms with Crippen LogP contribution in [0.4, 0.5) is 11.8 Å². The average Bonchev–Trinajstić information content (AvgIpc) is 3.21. The fraction of sp³-hybridized carbons (Fsp3) is 0.560. The van der Waals surface area contributed by atoms with Crippen molar-refractivity contribution in [2.24, 2.45) is 5.73 Å². The van der Waals surface area contributed by atoms with Gasteiger partial charge < -0.3 is 31.3 Å². The summed E-state index contributed by atoms with van der Waals surface area (Å²) in [5.74, 6) is 1.47. The summed E-state index contributed by atoms with van der Waals surface area (Å²) in [4.78, 5) is 9.72. The van der Waals surface area contributed by atoms with Crippen molar-refractivity contribution in [3.05, 3.63) is 23.4 Å². The standard InChI is InChI=1S/C25H37N7O3/c1-13(2)21-22-23(32(31-21)14(3)4)24(27-12-15-10-19(34)20(35-5)11-18(15)33)30-25(29-22)28-17-9-7-6-8-16(17)26/h10-11,13-14,16-17,33-34H,6-9,12,26H2,1-5H3,(H2,27,28,29,30). The molecule has 2 unspecified atom stereocenters. The Bertz CT molecular complexity index is 1190. The zero-order valence-corrected chi connectivity index (χ0v) is 21.2. The summed E-state index contributed by atoms with van der Waals surface area (Å²) in [6, 6.07) is 3.15. The molecule has 0 aliphatic heterocycles. The molecular formula is C25H37N7O3. The van der Waals surface area contributed by atoms with Crippen molar-refractivity contribution in [1.29, 1.82) is 0 Å². The molecule has 10 nitrogen and oxygen atoms in total. The van der Waals surface area contributed by atoms with E-state index in [0.717, 1.165) is 42.4 Å². The largest absolute Gasteiger partial charge is 0.507 e. The summed E-state index contributed by atoms with van der Waals surface area (Å²) in [5, 5.41) is 32.3. The predicted molar refractivity (Wildman–Crippen MR) is 137 cm³/mol. The number of anilines is 2. The number of nitrogens with zero attached hydrogens (tertiary/aromatic N) is 4. The van der Waals surface area contributed by atoms with Crippen molar-refractivity contribution >= 4 is 22.8 Å². The number of hydrogen-bond donors (Lipinski definition) is 5. The molecule has 35 heavy (non-hydrogen) atoms. The van der Waals surface area contributed by atoms with Gasteiger partial charge in [-0.3, -0.25) is 4.68 Å². The fourth-order valence-electron chi connectivity index (χ4n) is 4.60. The number of ether oxygens (including phenoxy) is 1. The van der Waals surface area contributed by atoms with Crippen molar-refractivity contribution in [3.8, 4) is 17.2 Å². The van der Waals surface area contributed by atoms with E-state index < -0.39 is 0 Å². The Morgan fingerprint density at radius 3 is 2.51 bits per heavy atom. The third-order valence-electron chi connectivity index (χ3n) is 6.57. The Labute approximate surface area is 205 Å². The second kappa shape index (κ2) is 10.2. The van der Waals surface area contributed by atoms with Crippen LogP contribution in [0.2, 0.25) is 0 Å². The van der Waals surface area contributed by atoms with E-state index in [1.165, 1.54) is 19.2 Å². The molecule has 190 valence electrons. The maximum Gasteiger partial charge on any atom is 0.225 e. The van der Waals surface area contributed by atoms with Crippen LogP contribution in [-0.4, -0.2) is 49.2 Å². The molecule has 1 saturated carbocycles. The molecule has 2 aromatic heterocycles. The van der Waals surface area contributed by atoms with Gasteiger partial charge >= 0.3 is 0 Å². The van der Waals surface area contributed by atoms with E-state index in [2.05, 4.69) is 38.3 Å². The lowest BCUT2D eigenvalue weighted by atomic mass is 9.91. The van der Waals surface area contributed by atoms with Crippen LogP contribution < -0.4 is 21.1 Å². The Morgan fingerprint density at radius 1 is 1.11 bits per heavy atom. The summed E-state index contributed by atoms with van der Waals surface area (Å²) in [5.41, 5.74) is 9.39. The number of rotatable bonds is 8. The predicted octanol–water partition coefficient (Wildman–Crippen LogP) is 4.24. The number of benzene rings is 1. The van der Waals surface area contributed by atoms with E-state index >= 15 is 0 Å². The number of phenolic OH excluding ortho intramolecular Hbond substituents is 2. The molecule has 6 N–H and O–H groups in total. The molecule has 10 heteroatoms. The number of nitrogens with one attached hydrogen (secondary N) is 2. The smallest absolute Gasteiger partial charge is 0.225 e. The van der Waals surface area contributed by atoms with E-state index in [9.17, 15) is 10.2 Å². The van der Waals surface area contributed by atoms with Crippen molar-refractivity contribution in [2.45, 2.75) is 84.0 Å². The lowest BCUT2D eigenvalue weighted by Crippen LogP contribution is -2.43. The van der Waals surface area contributed by atoms with Gasteiger partial charge in [0, 0.05) is 36.3 Å². The van der Waals surface area contributed by atoms with Gasteiger partial charge in [-0.1, -0.05) is 26.7 Å². The highest BCUT2D eigenvalue weighted by Gasteiger charge is 2.26.